The molecule has 0 aliphatic rings. The van der Waals surface area contributed by atoms with E-state index < -0.39 is 16.2 Å². The standard InChI is InChI=1S/C8H7N5O3/c9-11-7-6(13(15)16)8(14)12-4-2-1-3-5(12)10-7/h1-4,11H,9H2. The summed E-state index contributed by atoms with van der Waals surface area (Å²) in [5, 5.41) is 10.7. The van der Waals surface area contributed by atoms with Crippen molar-refractivity contribution < 1.29 is 4.92 Å². The van der Waals surface area contributed by atoms with Gasteiger partial charge in [-0.3, -0.25) is 19.3 Å². The first kappa shape index (κ1) is 10.1. The number of hydrazine groups is 1. The molecule has 8 nitrogen and oxygen atoms in total. The van der Waals surface area contributed by atoms with Crippen molar-refractivity contribution >= 4 is 17.2 Å². The third kappa shape index (κ3) is 1.37. The van der Waals surface area contributed by atoms with Crippen molar-refractivity contribution in [3.8, 4) is 0 Å². The molecule has 2 rings (SSSR count). The first-order chi connectivity index (χ1) is 7.65. The Morgan fingerprint density at radius 1 is 1.50 bits per heavy atom. The summed E-state index contributed by atoms with van der Waals surface area (Å²) in [5.74, 6) is 4.83. The van der Waals surface area contributed by atoms with Gasteiger partial charge in [0.1, 0.15) is 5.65 Å². The Kier molecular flexibility index (Phi) is 2.25. The molecule has 0 amide bonds. The van der Waals surface area contributed by atoms with Gasteiger partial charge >= 0.3 is 11.2 Å². The largest absolute Gasteiger partial charge is 0.377 e. The van der Waals surface area contributed by atoms with Gasteiger partial charge in [-0.05, 0) is 12.1 Å². The number of nitrogen functional groups attached to an aromatic ring is 1. The van der Waals surface area contributed by atoms with Gasteiger partial charge in [0.25, 0.3) is 0 Å². The van der Waals surface area contributed by atoms with Crippen molar-refractivity contribution in [3.63, 3.8) is 0 Å². The van der Waals surface area contributed by atoms with E-state index in [1.54, 1.807) is 18.2 Å². The number of nitrogens with two attached hydrogens (primary N) is 1. The van der Waals surface area contributed by atoms with E-state index in [1.807, 2.05) is 5.43 Å². The maximum absolute atomic E-state index is 11.7. The monoisotopic (exact) mass is 221 g/mol. The summed E-state index contributed by atoms with van der Waals surface area (Å²) >= 11 is 0. The van der Waals surface area contributed by atoms with Crippen molar-refractivity contribution in [2.24, 2.45) is 5.84 Å². The maximum Gasteiger partial charge on any atom is 0.377 e. The van der Waals surface area contributed by atoms with E-state index in [0.29, 0.717) is 0 Å². The molecule has 2 heterocycles. The van der Waals surface area contributed by atoms with E-state index in [1.165, 1.54) is 6.20 Å². The molecule has 2 aromatic heterocycles. The maximum atomic E-state index is 11.7. The molecule has 82 valence electrons. The predicted molar refractivity (Wildman–Crippen MR) is 55.9 cm³/mol. The molecule has 0 aliphatic carbocycles. The zero-order chi connectivity index (χ0) is 11.7. The first-order valence-corrected chi connectivity index (χ1v) is 4.27. The van der Waals surface area contributed by atoms with Crippen LogP contribution in [-0.2, 0) is 0 Å². The zero-order valence-electron chi connectivity index (χ0n) is 7.95. The Hall–Kier alpha value is -2.48. The van der Waals surface area contributed by atoms with Gasteiger partial charge in [0.15, 0.2) is 0 Å². The minimum atomic E-state index is -0.816. The lowest BCUT2D eigenvalue weighted by molar-refractivity contribution is -0.385. The van der Waals surface area contributed by atoms with Gasteiger partial charge in [0.05, 0.1) is 4.92 Å². The van der Waals surface area contributed by atoms with Crippen molar-refractivity contribution in [2.45, 2.75) is 0 Å². The minimum Gasteiger partial charge on any atom is -0.302 e. The van der Waals surface area contributed by atoms with Gasteiger partial charge in [-0.15, -0.1) is 0 Å². The number of hydrogen-bond acceptors (Lipinski definition) is 6. The Morgan fingerprint density at radius 2 is 2.25 bits per heavy atom. The lowest BCUT2D eigenvalue weighted by Gasteiger charge is -2.03. The molecule has 0 saturated carbocycles. The van der Waals surface area contributed by atoms with Crippen LogP contribution in [0.5, 0.6) is 0 Å². The van der Waals surface area contributed by atoms with E-state index in [2.05, 4.69) is 4.98 Å². The topological polar surface area (TPSA) is 116 Å². The highest BCUT2D eigenvalue weighted by Gasteiger charge is 2.22. The number of nitro groups is 1. The highest BCUT2D eigenvalue weighted by atomic mass is 16.6. The highest BCUT2D eigenvalue weighted by molar-refractivity contribution is 5.58. The van der Waals surface area contributed by atoms with Gasteiger partial charge in [-0.1, -0.05) is 6.07 Å². The lowest BCUT2D eigenvalue weighted by atomic mass is 10.4. The molecule has 0 spiro atoms. The van der Waals surface area contributed by atoms with Crippen LogP contribution in [0.15, 0.2) is 29.2 Å². The summed E-state index contributed by atoms with van der Waals surface area (Å²) < 4.78 is 1.08. The summed E-state index contributed by atoms with van der Waals surface area (Å²) in [7, 11) is 0. The van der Waals surface area contributed by atoms with E-state index in [0.717, 1.165) is 4.40 Å². The fourth-order valence-corrected chi connectivity index (χ4v) is 1.34. The van der Waals surface area contributed by atoms with Crippen LogP contribution in [0.4, 0.5) is 11.5 Å². The highest BCUT2D eigenvalue weighted by Crippen LogP contribution is 2.16. The van der Waals surface area contributed by atoms with Crippen LogP contribution in [0.25, 0.3) is 5.65 Å². The molecule has 16 heavy (non-hydrogen) atoms. The molecule has 2 aromatic rings. The molecule has 3 N–H and O–H groups in total. The second-order valence-corrected chi connectivity index (χ2v) is 2.94. The molecule has 0 fully saturated rings. The van der Waals surface area contributed by atoms with Gasteiger partial charge in [-0.2, -0.15) is 0 Å². The number of nitrogens with one attached hydrogen (secondary N) is 1. The number of pyridine rings is 1. The average molecular weight is 221 g/mol. The van der Waals surface area contributed by atoms with Crippen LogP contribution in [0.3, 0.4) is 0 Å². The van der Waals surface area contributed by atoms with Gasteiger partial charge in [-0.25, -0.2) is 10.8 Å². The van der Waals surface area contributed by atoms with Crippen molar-refractivity contribution in [1.82, 2.24) is 9.38 Å². The summed E-state index contributed by atoms with van der Waals surface area (Å²) in [6.07, 6.45) is 1.40. The summed E-state index contributed by atoms with van der Waals surface area (Å²) in [4.78, 5) is 25.5. The SMILES string of the molecule is NNc1nc2ccccn2c(=O)c1[N+](=O)[O-]. The molecule has 0 unspecified atom stereocenters. The molecule has 8 heteroatoms. The zero-order valence-corrected chi connectivity index (χ0v) is 7.95. The normalized spacial score (nSPS) is 10.3. The fraction of sp³-hybridized carbons (Fsp3) is 0. The van der Waals surface area contributed by atoms with Crippen LogP contribution in [0, 0.1) is 10.1 Å². The Bertz CT molecular complexity index is 621. The van der Waals surface area contributed by atoms with Crippen LogP contribution in [0.2, 0.25) is 0 Å². The minimum absolute atomic E-state index is 0.249. The van der Waals surface area contributed by atoms with Gasteiger partial charge in [0.2, 0.25) is 5.82 Å². The van der Waals surface area contributed by atoms with Crippen LogP contribution >= 0.6 is 0 Å². The average Bonchev–Trinajstić information content (AvgIpc) is 2.28. The van der Waals surface area contributed by atoms with Crippen molar-refractivity contribution in [2.75, 3.05) is 5.43 Å². The molecule has 0 aliphatic heterocycles. The second kappa shape index (κ2) is 3.59. The van der Waals surface area contributed by atoms with Crippen LogP contribution in [0.1, 0.15) is 0 Å². The van der Waals surface area contributed by atoms with E-state index >= 15 is 0 Å². The molecular formula is C8H7N5O3. The van der Waals surface area contributed by atoms with E-state index in [-0.39, 0.29) is 11.5 Å². The van der Waals surface area contributed by atoms with Gasteiger partial charge in [0, 0.05) is 6.20 Å². The summed E-state index contributed by atoms with van der Waals surface area (Å²) in [6.45, 7) is 0. The molecule has 0 saturated heterocycles. The fourth-order valence-electron chi connectivity index (χ4n) is 1.34. The second-order valence-electron chi connectivity index (χ2n) is 2.94. The molecular weight excluding hydrogens is 214 g/mol. The van der Waals surface area contributed by atoms with Crippen LogP contribution < -0.4 is 16.8 Å². The number of aromatic nitrogens is 2. The number of hydrogen-bond donors (Lipinski definition) is 2. The van der Waals surface area contributed by atoms with Crippen molar-refractivity contribution in [1.29, 1.82) is 0 Å². The smallest absolute Gasteiger partial charge is 0.302 e. The van der Waals surface area contributed by atoms with Gasteiger partial charge < -0.3 is 5.43 Å². The lowest BCUT2D eigenvalue weighted by Crippen LogP contribution is -2.22. The van der Waals surface area contributed by atoms with E-state index in [9.17, 15) is 14.9 Å². The quantitative estimate of drug-likeness (QED) is 0.415. The molecule has 0 atom stereocenters. The molecule has 0 bridgehead atoms. The number of fused-ring (bicyclic) bond motifs is 1. The Balaban J connectivity index is 2.94. The number of nitrogens with zero attached hydrogens (tertiary/aromatic N) is 3. The third-order valence-corrected chi connectivity index (χ3v) is 2.03. The third-order valence-electron chi connectivity index (χ3n) is 2.03. The number of anilines is 1. The Labute approximate surface area is 88.5 Å². The summed E-state index contributed by atoms with van der Waals surface area (Å²) in [5.41, 5.74) is 0.878. The van der Waals surface area contributed by atoms with Crippen molar-refractivity contribution in [3.05, 3.63) is 44.9 Å². The van der Waals surface area contributed by atoms with Crippen LogP contribution in [-0.4, -0.2) is 14.3 Å². The van der Waals surface area contributed by atoms with E-state index in [4.69, 9.17) is 5.84 Å². The number of rotatable bonds is 2. The molecule has 0 radical (unpaired) electrons. The predicted octanol–water partition coefficient (Wildman–Crippen LogP) is -0.112. The first-order valence-electron chi connectivity index (χ1n) is 4.27. The Morgan fingerprint density at radius 3 is 2.88 bits per heavy atom. The summed E-state index contributed by atoms with van der Waals surface area (Å²) in [6, 6.07) is 4.79. The molecule has 0 aromatic carbocycles.